The molecule has 0 aliphatic carbocycles. The summed E-state index contributed by atoms with van der Waals surface area (Å²) in [6.45, 7) is 5.95. The number of benzene rings is 2. The van der Waals surface area contributed by atoms with Crippen molar-refractivity contribution in [3.63, 3.8) is 0 Å². The SMILES string of the molecule is CCCC(=O)Nc1ccc(CNC(=O)c2cc(S(=O)(=O)NCC)ccc2C)cc1. The number of anilines is 1. The van der Waals surface area contributed by atoms with E-state index in [9.17, 15) is 18.0 Å². The summed E-state index contributed by atoms with van der Waals surface area (Å²) in [5, 5.41) is 5.62. The van der Waals surface area contributed by atoms with Gasteiger partial charge in [-0.3, -0.25) is 9.59 Å². The lowest BCUT2D eigenvalue weighted by atomic mass is 10.1. The third-order valence-electron chi connectivity index (χ3n) is 4.27. The normalized spacial score (nSPS) is 11.1. The van der Waals surface area contributed by atoms with Crippen molar-refractivity contribution in [3.05, 3.63) is 59.2 Å². The molecule has 0 saturated carbocycles. The van der Waals surface area contributed by atoms with E-state index in [0.717, 1.165) is 12.0 Å². The van der Waals surface area contributed by atoms with Crippen LogP contribution in [-0.2, 0) is 21.4 Å². The van der Waals surface area contributed by atoms with E-state index >= 15 is 0 Å². The Labute approximate surface area is 172 Å². The van der Waals surface area contributed by atoms with Crippen LogP contribution in [0.5, 0.6) is 0 Å². The third kappa shape index (κ3) is 6.40. The fourth-order valence-corrected chi connectivity index (χ4v) is 3.79. The second-order valence-electron chi connectivity index (χ2n) is 6.66. The number of rotatable bonds is 9. The van der Waals surface area contributed by atoms with Gasteiger partial charge in [-0.05, 0) is 48.7 Å². The van der Waals surface area contributed by atoms with E-state index in [1.165, 1.54) is 12.1 Å². The topological polar surface area (TPSA) is 104 Å². The minimum Gasteiger partial charge on any atom is -0.348 e. The van der Waals surface area contributed by atoms with Gasteiger partial charge in [-0.1, -0.05) is 32.0 Å². The lowest BCUT2D eigenvalue weighted by Crippen LogP contribution is -2.26. The van der Waals surface area contributed by atoms with Gasteiger partial charge < -0.3 is 10.6 Å². The molecule has 7 nitrogen and oxygen atoms in total. The molecule has 0 aromatic heterocycles. The number of aryl methyl sites for hydroxylation is 1. The average Bonchev–Trinajstić information content (AvgIpc) is 2.67. The van der Waals surface area contributed by atoms with Gasteiger partial charge in [0.25, 0.3) is 5.91 Å². The standard InChI is InChI=1S/C21H27N3O4S/c1-4-6-20(25)24-17-10-8-16(9-11-17)14-22-21(26)19-13-18(12-7-15(19)3)29(27,28)23-5-2/h7-13,23H,4-6,14H2,1-3H3,(H,22,26)(H,24,25). The van der Waals surface area contributed by atoms with Crippen LogP contribution in [0.25, 0.3) is 0 Å². The quantitative estimate of drug-likeness (QED) is 0.583. The van der Waals surface area contributed by atoms with E-state index in [1.807, 2.05) is 19.1 Å². The Morgan fingerprint density at radius 3 is 2.31 bits per heavy atom. The Kier molecular flexibility index (Phi) is 7.92. The minimum absolute atomic E-state index is 0.0311. The van der Waals surface area contributed by atoms with Crippen molar-refractivity contribution >= 4 is 27.5 Å². The predicted octanol–water partition coefficient (Wildman–Crippen LogP) is 2.96. The van der Waals surface area contributed by atoms with Crippen LogP contribution in [0, 0.1) is 6.92 Å². The summed E-state index contributed by atoms with van der Waals surface area (Å²) in [6.07, 6.45) is 1.26. The summed E-state index contributed by atoms with van der Waals surface area (Å²) in [5.74, 6) is -0.382. The first-order valence-corrected chi connectivity index (χ1v) is 11.0. The predicted molar refractivity (Wildman–Crippen MR) is 113 cm³/mol. The van der Waals surface area contributed by atoms with E-state index < -0.39 is 10.0 Å². The number of carbonyl (C=O) groups is 2. The Hall–Kier alpha value is -2.71. The summed E-state index contributed by atoms with van der Waals surface area (Å²) in [6, 6.07) is 11.7. The van der Waals surface area contributed by atoms with Crippen LogP contribution < -0.4 is 15.4 Å². The fourth-order valence-electron chi connectivity index (χ4n) is 2.72. The van der Waals surface area contributed by atoms with Gasteiger partial charge in [0.15, 0.2) is 0 Å². The molecule has 0 saturated heterocycles. The molecular formula is C21H27N3O4S. The smallest absolute Gasteiger partial charge is 0.251 e. The van der Waals surface area contributed by atoms with E-state index in [0.29, 0.717) is 23.2 Å². The molecule has 3 N–H and O–H groups in total. The molecule has 8 heteroatoms. The van der Waals surface area contributed by atoms with Gasteiger partial charge >= 0.3 is 0 Å². The minimum atomic E-state index is -3.63. The van der Waals surface area contributed by atoms with Crippen LogP contribution in [-0.4, -0.2) is 26.8 Å². The number of nitrogens with one attached hydrogen (secondary N) is 3. The van der Waals surface area contributed by atoms with Crippen LogP contribution in [0.1, 0.15) is 48.2 Å². The number of carbonyl (C=O) groups excluding carboxylic acids is 2. The van der Waals surface area contributed by atoms with Crippen molar-refractivity contribution in [3.8, 4) is 0 Å². The Morgan fingerprint density at radius 2 is 1.69 bits per heavy atom. The van der Waals surface area contributed by atoms with E-state index in [2.05, 4.69) is 15.4 Å². The Balaban J connectivity index is 2.05. The monoisotopic (exact) mass is 417 g/mol. The fraction of sp³-hybridized carbons (Fsp3) is 0.333. The molecule has 2 amide bonds. The molecule has 156 valence electrons. The molecule has 0 unspecified atom stereocenters. The van der Waals surface area contributed by atoms with Crippen molar-refractivity contribution in [1.82, 2.24) is 10.0 Å². The summed E-state index contributed by atoms with van der Waals surface area (Å²) in [7, 11) is -3.63. The van der Waals surface area contributed by atoms with E-state index in [1.54, 1.807) is 32.0 Å². The third-order valence-corrected chi connectivity index (χ3v) is 5.81. The summed E-state index contributed by atoms with van der Waals surface area (Å²) in [5.41, 5.74) is 2.57. The zero-order valence-electron chi connectivity index (χ0n) is 16.9. The first kappa shape index (κ1) is 22.6. The second-order valence-corrected chi connectivity index (χ2v) is 8.42. The largest absolute Gasteiger partial charge is 0.348 e. The van der Waals surface area contributed by atoms with Crippen molar-refractivity contribution in [1.29, 1.82) is 0 Å². The molecule has 0 aliphatic rings. The molecule has 0 radical (unpaired) electrons. The van der Waals surface area contributed by atoms with Crippen molar-refractivity contribution in [2.45, 2.75) is 45.1 Å². The molecule has 0 fully saturated rings. The van der Waals surface area contributed by atoms with Crippen molar-refractivity contribution in [2.24, 2.45) is 0 Å². The molecule has 0 bridgehead atoms. The van der Waals surface area contributed by atoms with Gasteiger partial charge in [0.2, 0.25) is 15.9 Å². The van der Waals surface area contributed by atoms with Gasteiger partial charge in [-0.2, -0.15) is 0 Å². The zero-order chi connectivity index (χ0) is 21.4. The van der Waals surface area contributed by atoms with Gasteiger partial charge in [-0.25, -0.2) is 13.1 Å². The second kappa shape index (κ2) is 10.2. The Bertz CT molecular complexity index is 970. The van der Waals surface area contributed by atoms with E-state index in [-0.39, 0.29) is 29.8 Å². The maximum absolute atomic E-state index is 12.6. The molecule has 2 aromatic carbocycles. The Morgan fingerprint density at radius 1 is 1.00 bits per heavy atom. The number of sulfonamides is 1. The lowest BCUT2D eigenvalue weighted by molar-refractivity contribution is -0.116. The maximum Gasteiger partial charge on any atom is 0.251 e. The number of hydrogen-bond acceptors (Lipinski definition) is 4. The highest BCUT2D eigenvalue weighted by atomic mass is 32.2. The number of amides is 2. The average molecular weight is 418 g/mol. The highest BCUT2D eigenvalue weighted by Crippen LogP contribution is 2.16. The summed E-state index contributed by atoms with van der Waals surface area (Å²) >= 11 is 0. The first-order valence-electron chi connectivity index (χ1n) is 9.54. The van der Waals surface area contributed by atoms with Crippen LogP contribution in [0.4, 0.5) is 5.69 Å². The van der Waals surface area contributed by atoms with Crippen molar-refractivity contribution < 1.29 is 18.0 Å². The van der Waals surface area contributed by atoms with Crippen LogP contribution >= 0.6 is 0 Å². The maximum atomic E-state index is 12.6. The lowest BCUT2D eigenvalue weighted by Gasteiger charge is -2.11. The van der Waals surface area contributed by atoms with Gasteiger partial charge in [0.1, 0.15) is 0 Å². The molecule has 29 heavy (non-hydrogen) atoms. The highest BCUT2D eigenvalue weighted by molar-refractivity contribution is 7.89. The van der Waals surface area contributed by atoms with E-state index in [4.69, 9.17) is 0 Å². The van der Waals surface area contributed by atoms with Crippen LogP contribution in [0.3, 0.4) is 0 Å². The first-order chi connectivity index (χ1) is 13.8. The molecule has 0 spiro atoms. The van der Waals surface area contributed by atoms with Crippen LogP contribution in [0.2, 0.25) is 0 Å². The number of hydrogen-bond donors (Lipinski definition) is 3. The molecular weight excluding hydrogens is 390 g/mol. The van der Waals surface area contributed by atoms with Crippen LogP contribution in [0.15, 0.2) is 47.4 Å². The summed E-state index contributed by atoms with van der Waals surface area (Å²) in [4.78, 5) is 24.3. The van der Waals surface area contributed by atoms with Gasteiger partial charge in [0, 0.05) is 30.8 Å². The zero-order valence-corrected chi connectivity index (χ0v) is 17.7. The molecule has 0 atom stereocenters. The van der Waals surface area contributed by atoms with Crippen molar-refractivity contribution in [2.75, 3.05) is 11.9 Å². The molecule has 0 aliphatic heterocycles. The molecule has 0 heterocycles. The van der Waals surface area contributed by atoms with Gasteiger partial charge in [0.05, 0.1) is 4.90 Å². The highest BCUT2D eigenvalue weighted by Gasteiger charge is 2.17. The summed E-state index contributed by atoms with van der Waals surface area (Å²) < 4.78 is 26.8. The molecule has 2 rings (SSSR count). The molecule has 2 aromatic rings. The van der Waals surface area contributed by atoms with Gasteiger partial charge in [-0.15, -0.1) is 0 Å².